The first-order valence-electron chi connectivity index (χ1n) is 12.3. The quantitative estimate of drug-likeness (QED) is 0.0608. The molecular formula is C29H37I4LiLrN3O2-5. The van der Waals surface area contributed by atoms with E-state index in [1.54, 1.807) is 0 Å². The zero-order valence-corrected chi connectivity index (χ0v) is 34.1. The zero-order valence-electron chi connectivity index (χ0n) is 23.4. The Labute approximate surface area is 296 Å². The molecular weight excluding hydrogens is 1200 g/mol. The average Bonchev–Trinajstić information content (AvgIpc) is 2.85. The molecule has 11 heteroatoms. The molecule has 0 N–H and O–H groups in total. The van der Waals surface area contributed by atoms with Crippen molar-refractivity contribution in [3.63, 3.8) is 0 Å². The first kappa shape index (κ1) is 40.0. The number of hydrogen-bond acceptors (Lipinski definition) is 4. The number of alkyl halides is 1. The van der Waals surface area contributed by atoms with Crippen molar-refractivity contribution in [1.29, 1.82) is 0 Å². The van der Waals surface area contributed by atoms with Gasteiger partial charge in [0.15, 0.2) is 0 Å². The van der Waals surface area contributed by atoms with Crippen LogP contribution in [-0.4, -0.2) is 28.0 Å². The van der Waals surface area contributed by atoms with Crippen molar-refractivity contribution in [1.82, 2.24) is 10.9 Å². The molecule has 2 unspecified atom stereocenters. The third-order valence-corrected chi connectivity index (χ3v) is 13.8. The van der Waals surface area contributed by atoms with Gasteiger partial charge in [0.1, 0.15) is 0 Å². The molecule has 1 aliphatic carbocycles. The minimum absolute atomic E-state index is 0. The van der Waals surface area contributed by atoms with Gasteiger partial charge in [-0.1, -0.05) is 0 Å². The van der Waals surface area contributed by atoms with Gasteiger partial charge in [0.05, 0.1) is 0 Å². The van der Waals surface area contributed by atoms with E-state index < -0.39 is 21.2 Å². The van der Waals surface area contributed by atoms with E-state index in [1.165, 1.54) is 41.2 Å². The number of rotatable bonds is 10. The SMILES string of the molecule is [CH2-]C(Cc1ccccc1)n1c([I-]C2C[CH-]CCCCC2)nc2cc([I-]N(I)CCOI)ccc2c1=O.[CH3-].[CH3-].[Li+].[Lr]. The van der Waals surface area contributed by atoms with E-state index in [-0.39, 0.29) is 66.8 Å². The molecule has 1 saturated carbocycles. The van der Waals surface area contributed by atoms with Crippen molar-refractivity contribution >= 4 is 56.8 Å². The van der Waals surface area contributed by atoms with Crippen LogP contribution in [-0.2, 0) is 9.49 Å². The van der Waals surface area contributed by atoms with Gasteiger partial charge in [-0.2, -0.15) is 0 Å². The number of benzene rings is 2. The maximum Gasteiger partial charge on any atom is 1.00 e. The van der Waals surface area contributed by atoms with Crippen molar-refractivity contribution in [3.8, 4) is 0 Å². The molecule has 1 radical (unpaired) electrons. The summed E-state index contributed by atoms with van der Waals surface area (Å²) in [6.07, 6.45) is 10.7. The maximum atomic E-state index is 13.9. The Hall–Kier alpha value is 0.0174. The molecule has 3 aromatic rings. The van der Waals surface area contributed by atoms with Gasteiger partial charge >= 0.3 is 286 Å². The number of aromatic nitrogens is 2. The molecule has 1 fully saturated rings. The van der Waals surface area contributed by atoms with E-state index in [4.69, 9.17) is 8.05 Å². The predicted octanol–water partition coefficient (Wildman–Crippen LogP) is -1.70. The van der Waals surface area contributed by atoms with E-state index >= 15 is 0 Å². The Kier molecular flexibility index (Phi) is 20.9. The predicted molar refractivity (Wildman–Crippen MR) is 167 cm³/mol. The second kappa shape index (κ2) is 20.8. The first-order valence-corrected chi connectivity index (χ1v) is 18.5. The fourth-order valence-corrected chi connectivity index (χ4v) is 11.4. The number of fused-ring (bicyclic) bond motifs is 1. The average molecular weight is 1240 g/mol. The van der Waals surface area contributed by atoms with Crippen LogP contribution >= 0.6 is 45.9 Å². The second-order valence-corrected chi connectivity index (χ2v) is 18.7. The molecule has 0 amide bonds. The summed E-state index contributed by atoms with van der Waals surface area (Å²) in [7, 11) is 0. The van der Waals surface area contributed by atoms with E-state index in [9.17, 15) is 4.79 Å². The molecule has 2 aromatic carbocycles. The van der Waals surface area contributed by atoms with Crippen LogP contribution < -0.4 is 67.1 Å². The molecule has 40 heavy (non-hydrogen) atoms. The molecule has 0 saturated heterocycles. The molecule has 4 rings (SSSR count). The van der Waals surface area contributed by atoms with Gasteiger partial charge in [0.2, 0.25) is 0 Å². The Morgan fingerprint density at radius 1 is 1.18 bits per heavy atom. The molecule has 0 spiro atoms. The zero-order chi connectivity index (χ0) is 25.3. The van der Waals surface area contributed by atoms with Gasteiger partial charge in [-0.05, 0) is 0 Å². The summed E-state index contributed by atoms with van der Waals surface area (Å²) >= 11 is 3.56. The minimum Gasteiger partial charge on any atom is -0.358 e. The maximum absolute atomic E-state index is 13.9. The molecule has 5 nitrogen and oxygen atoms in total. The molecule has 229 valence electrons. The summed E-state index contributed by atoms with van der Waals surface area (Å²) < 4.78 is 12.4. The third kappa shape index (κ3) is 11.6. The molecule has 1 heterocycles. The first-order chi connectivity index (χ1) is 17.5. The minimum atomic E-state index is -0.423. The molecule has 1 aromatic heterocycles. The number of nitrogens with zero attached hydrogens (tertiary/aromatic N) is 3. The fraction of sp³-hybridized carbons (Fsp3) is 0.379. The van der Waals surface area contributed by atoms with Gasteiger partial charge in [0.25, 0.3) is 0 Å². The molecule has 1 aliphatic rings. The van der Waals surface area contributed by atoms with Crippen LogP contribution in [0.3, 0.4) is 0 Å². The van der Waals surface area contributed by atoms with Crippen molar-refractivity contribution in [2.24, 2.45) is 0 Å². The molecule has 0 bridgehead atoms. The Morgan fingerprint density at radius 2 is 1.93 bits per heavy atom. The summed E-state index contributed by atoms with van der Waals surface area (Å²) in [5.41, 5.74) is 2.11. The topological polar surface area (TPSA) is 47.4 Å². The number of halogens is 4. The molecule has 2 atom stereocenters. The standard InChI is InChI=1S/C27H31I4N3O2.2CH3.Li.Lr/c1-20(18-21-10-6-5-7-11-21)34-26(35)24-15-14-23(31-33(28)16-17-36-29)19-25(24)32-27(34)30-22-12-8-3-2-4-9-13-22;;;;/h5-8,10-11,14-15,19-20,22H,1-4,9,12-13,16-18H2;2*1H3;;/q-4;2*-1;+1;. The largest absolute Gasteiger partial charge is 1.00 e. The van der Waals surface area contributed by atoms with E-state index in [0.717, 1.165) is 28.7 Å². The van der Waals surface area contributed by atoms with Crippen molar-refractivity contribution in [3.05, 3.63) is 100 Å². The van der Waals surface area contributed by atoms with E-state index in [2.05, 4.69) is 73.9 Å². The van der Waals surface area contributed by atoms with Crippen LogP contribution in [0.1, 0.15) is 50.1 Å². The monoisotopic (exact) mass is 1240 g/mol. The summed E-state index contributed by atoms with van der Waals surface area (Å²) in [5, 5.41) is 0.706. The summed E-state index contributed by atoms with van der Waals surface area (Å²) in [6, 6.07) is 16.4. The fourth-order valence-electron chi connectivity index (χ4n) is 4.31. The smallest absolute Gasteiger partial charge is 0.358 e. The van der Waals surface area contributed by atoms with Crippen LogP contribution in [0, 0.1) is 35.6 Å². The van der Waals surface area contributed by atoms with Gasteiger partial charge < -0.3 is 14.9 Å². The van der Waals surface area contributed by atoms with E-state index in [0.29, 0.717) is 15.9 Å². The van der Waals surface area contributed by atoms with Crippen molar-refractivity contribution in [2.75, 3.05) is 13.2 Å². The van der Waals surface area contributed by atoms with Crippen LogP contribution in [0.25, 0.3) is 10.9 Å². The second-order valence-electron chi connectivity index (χ2n) is 8.85. The summed E-state index contributed by atoms with van der Waals surface area (Å²) in [6.45, 7) is 6.06. The van der Waals surface area contributed by atoms with Gasteiger partial charge in [-0.3, -0.25) is 0 Å². The summed E-state index contributed by atoms with van der Waals surface area (Å²) in [4.78, 5) is 19.1. The third-order valence-electron chi connectivity index (χ3n) is 6.13. The Bertz CT molecular complexity index is 1180. The van der Waals surface area contributed by atoms with E-state index in [1.807, 2.05) is 39.7 Å². The van der Waals surface area contributed by atoms with Gasteiger partial charge in [-0.25, -0.2) is 0 Å². The Morgan fingerprint density at radius 3 is 2.65 bits per heavy atom. The van der Waals surface area contributed by atoms with Crippen LogP contribution in [0.2, 0.25) is 0 Å². The van der Waals surface area contributed by atoms with Crippen LogP contribution in [0.5, 0.6) is 0 Å². The molecule has 0 aliphatic heterocycles. The van der Waals surface area contributed by atoms with Gasteiger partial charge in [-0.15, -0.1) is 0 Å². The van der Waals surface area contributed by atoms with Crippen molar-refractivity contribution < 1.29 is 64.6 Å². The number of hydrogen-bond donors (Lipinski definition) is 0. The van der Waals surface area contributed by atoms with Crippen LogP contribution in [0.15, 0.2) is 53.3 Å². The van der Waals surface area contributed by atoms with Gasteiger partial charge in [0, 0.05) is 0 Å². The van der Waals surface area contributed by atoms with Crippen LogP contribution in [0.4, 0.5) is 0 Å². The van der Waals surface area contributed by atoms with Crippen molar-refractivity contribution in [2.45, 2.75) is 54.9 Å². The summed E-state index contributed by atoms with van der Waals surface area (Å²) in [5.74, 6) is 0. The normalized spacial score (nSPS) is 16.1. The Balaban J connectivity index is 0.00000380.